The zero-order chi connectivity index (χ0) is 52.3. The lowest BCUT2D eigenvalue weighted by Crippen LogP contribution is -2.56. The van der Waals surface area contributed by atoms with Crippen LogP contribution in [-0.2, 0) is 25.6 Å². The Morgan fingerprint density at radius 1 is 0.720 bits per heavy atom. The molecule has 10 rings (SSSR count). The van der Waals surface area contributed by atoms with E-state index in [-0.39, 0.29) is 34.8 Å². The monoisotopic (exact) mass is 1030 g/mol. The van der Waals surface area contributed by atoms with Crippen molar-refractivity contribution in [3.05, 3.63) is 111 Å². The van der Waals surface area contributed by atoms with Crippen molar-refractivity contribution in [2.45, 2.75) is 102 Å². The van der Waals surface area contributed by atoms with Gasteiger partial charge in [-0.3, -0.25) is 38.6 Å². The highest BCUT2D eigenvalue weighted by molar-refractivity contribution is 5.95. The topological polar surface area (TPSA) is 175 Å². The molecule has 6 fully saturated rings. The highest BCUT2D eigenvalue weighted by atomic mass is 19.1. The van der Waals surface area contributed by atoms with E-state index >= 15 is 0 Å². The Morgan fingerprint density at radius 3 is 2.16 bits per heavy atom. The molecule has 5 amide bonds. The summed E-state index contributed by atoms with van der Waals surface area (Å²) in [6.07, 6.45) is 13.3. The Morgan fingerprint density at radius 2 is 1.44 bits per heavy atom. The van der Waals surface area contributed by atoms with Gasteiger partial charge in [0.15, 0.2) is 0 Å². The number of aromatic nitrogens is 2. The lowest BCUT2D eigenvalue weighted by atomic mass is 9.83. The molecule has 6 aliphatic rings. The van der Waals surface area contributed by atoms with Gasteiger partial charge in [-0.1, -0.05) is 73.4 Å². The molecule has 2 unspecified atom stereocenters. The van der Waals surface area contributed by atoms with Crippen LogP contribution in [0.2, 0.25) is 0 Å². The quantitative estimate of drug-likeness (QED) is 0.139. The summed E-state index contributed by atoms with van der Waals surface area (Å²) in [6, 6.07) is 20.6. The predicted molar refractivity (Wildman–Crippen MR) is 287 cm³/mol. The maximum Gasteiger partial charge on any atom is 0.272 e. The van der Waals surface area contributed by atoms with Crippen LogP contribution in [0, 0.1) is 24.6 Å². The van der Waals surface area contributed by atoms with Crippen molar-refractivity contribution in [3.63, 3.8) is 0 Å². The van der Waals surface area contributed by atoms with Gasteiger partial charge in [0.1, 0.15) is 11.9 Å². The number of halogens is 1. The molecular formula is C58H77FN10O6. The molecule has 4 aliphatic heterocycles. The summed E-state index contributed by atoms with van der Waals surface area (Å²) in [5.74, 6) is 0.673. The second-order valence-electron chi connectivity index (χ2n) is 22.0. The average molecular weight is 1030 g/mol. The molecule has 17 heteroatoms. The molecule has 2 saturated carbocycles. The van der Waals surface area contributed by atoms with Gasteiger partial charge in [-0.05, 0) is 113 Å². The summed E-state index contributed by atoms with van der Waals surface area (Å²) in [5.41, 5.74) is 3.74. The fourth-order valence-corrected chi connectivity index (χ4v) is 12.0. The summed E-state index contributed by atoms with van der Waals surface area (Å²) in [6.45, 7) is 12.0. The first-order valence-electron chi connectivity index (χ1n) is 27.8. The van der Waals surface area contributed by atoms with Crippen molar-refractivity contribution < 1.29 is 28.4 Å². The number of benzene rings is 3. The van der Waals surface area contributed by atoms with E-state index in [0.717, 1.165) is 90.8 Å². The van der Waals surface area contributed by atoms with Gasteiger partial charge in [-0.25, -0.2) is 9.49 Å². The van der Waals surface area contributed by atoms with E-state index in [1.165, 1.54) is 42.9 Å². The normalized spacial score (nSPS) is 20.8. The molecule has 0 spiro atoms. The van der Waals surface area contributed by atoms with Gasteiger partial charge in [0.25, 0.3) is 11.5 Å². The number of rotatable bonds is 15. The third-order valence-electron chi connectivity index (χ3n) is 16.6. The molecular weight excluding hydrogens is 952 g/mol. The lowest BCUT2D eigenvalue weighted by molar-refractivity contribution is -0.138. The smallest absolute Gasteiger partial charge is 0.272 e. The number of piperidine rings is 2. The van der Waals surface area contributed by atoms with Crippen LogP contribution >= 0.6 is 0 Å². The molecule has 0 radical (unpaired) electrons. The molecule has 0 bridgehead atoms. The number of aromatic amines is 1. The number of aryl methyl sites for hydroxylation is 1. The molecule has 2 atom stereocenters. The number of carbonyl (C=O) groups is 5. The zero-order valence-corrected chi connectivity index (χ0v) is 43.9. The SMILES string of the molecule is Cc1cccc(C2CCCN(C(=O)CNC3CC3)C2)c1.O=CNC(C(=O)N1CCN(CC2CCN(CC(=O)N3CCN(C(=O)c4cc(Cc5n[nH]c(=O)c6ccccc56)ccc4F)CC3)CC2)CC1)C1CCCCC1. The van der Waals surface area contributed by atoms with Gasteiger partial charge >= 0.3 is 0 Å². The van der Waals surface area contributed by atoms with Gasteiger partial charge in [0, 0.05) is 95.8 Å². The third-order valence-corrected chi connectivity index (χ3v) is 16.6. The van der Waals surface area contributed by atoms with Crippen molar-refractivity contribution in [2.75, 3.05) is 98.2 Å². The first-order chi connectivity index (χ1) is 36.5. The Kier molecular flexibility index (Phi) is 18.4. The largest absolute Gasteiger partial charge is 0.347 e. The van der Waals surface area contributed by atoms with Crippen LogP contribution in [0.15, 0.2) is 71.5 Å². The van der Waals surface area contributed by atoms with Crippen molar-refractivity contribution in [1.29, 1.82) is 0 Å². The molecule has 3 aromatic carbocycles. The first-order valence-corrected chi connectivity index (χ1v) is 27.8. The second-order valence-corrected chi connectivity index (χ2v) is 22.0. The zero-order valence-electron chi connectivity index (χ0n) is 43.9. The van der Waals surface area contributed by atoms with Crippen LogP contribution in [0.4, 0.5) is 4.39 Å². The van der Waals surface area contributed by atoms with Crippen LogP contribution in [-0.4, -0.2) is 180 Å². The fraction of sp³-hybridized carbons (Fsp3) is 0.569. The van der Waals surface area contributed by atoms with Crippen LogP contribution < -0.4 is 16.2 Å². The van der Waals surface area contributed by atoms with Gasteiger partial charge in [0.05, 0.1) is 29.7 Å². The maximum absolute atomic E-state index is 15.0. The van der Waals surface area contributed by atoms with Gasteiger partial charge < -0.3 is 30.2 Å². The van der Waals surface area contributed by atoms with Crippen molar-refractivity contribution in [3.8, 4) is 0 Å². The van der Waals surface area contributed by atoms with Gasteiger partial charge in [-0.2, -0.15) is 5.10 Å². The number of nitrogens with one attached hydrogen (secondary N) is 3. The van der Waals surface area contributed by atoms with Crippen molar-refractivity contribution in [2.24, 2.45) is 11.8 Å². The van der Waals surface area contributed by atoms with Gasteiger partial charge in [-0.15, -0.1) is 0 Å². The van der Waals surface area contributed by atoms with Crippen molar-refractivity contribution in [1.82, 2.24) is 50.2 Å². The summed E-state index contributed by atoms with van der Waals surface area (Å²) in [4.78, 5) is 87.9. The summed E-state index contributed by atoms with van der Waals surface area (Å²) < 4.78 is 15.0. The van der Waals surface area contributed by atoms with Crippen LogP contribution in [0.1, 0.15) is 109 Å². The predicted octanol–water partition coefficient (Wildman–Crippen LogP) is 4.94. The number of piperazine rings is 2. The second kappa shape index (κ2) is 25.7. The molecule has 16 nitrogen and oxygen atoms in total. The number of hydrogen-bond acceptors (Lipinski definition) is 10. The van der Waals surface area contributed by atoms with E-state index in [0.29, 0.717) is 105 Å². The number of likely N-dealkylation sites (tertiary alicyclic amines) is 2. The number of H-pyrrole nitrogens is 1. The van der Waals surface area contributed by atoms with Crippen LogP contribution in [0.3, 0.4) is 0 Å². The Hall–Kier alpha value is -6.04. The number of carbonyl (C=O) groups excluding carboxylic acids is 5. The molecule has 1 aromatic heterocycles. The molecule has 402 valence electrons. The Labute approximate surface area is 440 Å². The number of amides is 5. The number of hydrogen-bond donors (Lipinski definition) is 3. The Balaban J connectivity index is 0.000000286. The first kappa shape index (κ1) is 53.8. The summed E-state index contributed by atoms with van der Waals surface area (Å²) in [5, 5.41) is 14.1. The van der Waals surface area contributed by atoms with E-state index in [1.54, 1.807) is 34.1 Å². The molecule has 4 aromatic rings. The lowest BCUT2D eigenvalue weighted by Gasteiger charge is -2.41. The van der Waals surface area contributed by atoms with E-state index < -0.39 is 17.8 Å². The number of fused-ring (bicyclic) bond motifs is 1. The maximum atomic E-state index is 15.0. The number of nitrogens with zero attached hydrogens (tertiary/aromatic N) is 7. The average Bonchev–Trinajstić information content (AvgIpc) is 4.29. The van der Waals surface area contributed by atoms with E-state index in [4.69, 9.17) is 0 Å². The van der Waals surface area contributed by atoms with Gasteiger partial charge in [0.2, 0.25) is 24.1 Å². The van der Waals surface area contributed by atoms with E-state index in [1.807, 2.05) is 21.9 Å². The molecule has 5 heterocycles. The van der Waals surface area contributed by atoms with E-state index in [2.05, 4.69) is 61.8 Å². The highest BCUT2D eigenvalue weighted by Crippen LogP contribution is 2.30. The van der Waals surface area contributed by atoms with Crippen LogP contribution in [0.25, 0.3) is 10.8 Å². The fourth-order valence-electron chi connectivity index (χ4n) is 12.0. The minimum Gasteiger partial charge on any atom is -0.347 e. The minimum absolute atomic E-state index is 0.0144. The minimum atomic E-state index is -0.598. The summed E-state index contributed by atoms with van der Waals surface area (Å²) in [7, 11) is 0. The molecule has 3 N–H and O–H groups in total. The third kappa shape index (κ3) is 14.3. The standard InChI is InChI=1S/C41H53FN8O5.C17H24N2O/c42-35-11-10-30(25-36-32-8-4-5-9-33(32)39(53)45-44-36)24-34(35)40(54)49-22-20-48(21-23-49)37(52)27-46-14-12-29(13-15-46)26-47-16-18-50(19-17-47)41(55)38(43-28-51)31-6-2-1-3-7-31;1-13-4-2-5-14(10-13)15-6-3-9-19(12-15)17(20)11-18-16-7-8-16/h4-5,8-11,24,28-29,31,38H,1-3,6-7,12-23,25-27H2,(H,43,51)(H,45,53);2,4-5,10,15-16,18H,3,6-9,11-12H2,1H3. The Bertz CT molecular complexity index is 2670. The summed E-state index contributed by atoms with van der Waals surface area (Å²) >= 11 is 0. The van der Waals surface area contributed by atoms with E-state index in [9.17, 15) is 33.2 Å². The highest BCUT2D eigenvalue weighted by Gasteiger charge is 2.35. The molecule has 4 saturated heterocycles. The van der Waals surface area contributed by atoms with Crippen molar-refractivity contribution >= 4 is 40.8 Å². The van der Waals surface area contributed by atoms with Crippen LogP contribution in [0.5, 0.6) is 0 Å². The molecule has 2 aliphatic carbocycles. The molecule has 75 heavy (non-hydrogen) atoms.